The maximum atomic E-state index is 10.0. The monoisotopic (exact) mass is 681 g/mol. The van der Waals surface area contributed by atoms with Gasteiger partial charge in [-0.2, -0.15) is 5.26 Å². The molecule has 0 atom stereocenters. The van der Waals surface area contributed by atoms with Crippen LogP contribution in [0.25, 0.3) is 33.2 Å². The number of nitriles is 1. The van der Waals surface area contributed by atoms with E-state index >= 15 is 0 Å². The maximum Gasteiger partial charge on any atom is 0.103 e. The van der Waals surface area contributed by atoms with Gasteiger partial charge in [0, 0.05) is 86.8 Å². The number of pyridine rings is 1. The predicted molar refractivity (Wildman–Crippen MR) is 198 cm³/mol. The molecule has 0 amide bonds. The average molecular weight is 682 g/mol. The predicted octanol–water partition coefficient (Wildman–Crippen LogP) is 7.76. The molecule has 2 fully saturated rings. The number of anilines is 2. The second-order valence-corrected chi connectivity index (χ2v) is 15.3. The van der Waals surface area contributed by atoms with Crippen molar-refractivity contribution < 1.29 is 0 Å². The molecule has 242 valence electrons. The Morgan fingerprint density at radius 1 is 0.766 bits per heavy atom. The molecule has 7 rings (SSSR count). The number of aryl methyl sites for hydroxylation is 1. The third kappa shape index (κ3) is 7.25. The first-order valence-corrected chi connectivity index (χ1v) is 18.3. The molecule has 2 aromatic carbocycles. The van der Waals surface area contributed by atoms with Crippen LogP contribution < -0.4 is 5.32 Å². The summed E-state index contributed by atoms with van der Waals surface area (Å²) in [4.78, 5) is 17.3. The third-order valence-electron chi connectivity index (χ3n) is 9.45. The number of piperazine rings is 2. The first-order chi connectivity index (χ1) is 22.8. The molecule has 0 aliphatic carbocycles. The summed E-state index contributed by atoms with van der Waals surface area (Å²) in [5.74, 6) is 0. The second kappa shape index (κ2) is 14.0. The Morgan fingerprint density at radius 3 is 1.94 bits per heavy atom. The number of likely N-dealkylation sites (N-methyl/N-ethyl adjacent to an activating group) is 2. The minimum atomic E-state index is 0.487. The Morgan fingerprint density at radius 2 is 1.36 bits per heavy atom. The molecule has 2 aliphatic rings. The van der Waals surface area contributed by atoms with E-state index in [-0.39, 0.29) is 0 Å². The lowest BCUT2D eigenvalue weighted by Crippen LogP contribution is -2.43. The molecule has 0 radical (unpaired) electrons. The van der Waals surface area contributed by atoms with Crippen LogP contribution in [-0.2, 0) is 13.1 Å². The Labute approximate surface area is 290 Å². The van der Waals surface area contributed by atoms with E-state index in [1.807, 2.05) is 28.7 Å². The van der Waals surface area contributed by atoms with Gasteiger partial charge in [-0.25, -0.2) is 0 Å². The summed E-state index contributed by atoms with van der Waals surface area (Å²) in [6.07, 6.45) is 1.66. The molecule has 1 N–H and O–H groups in total. The lowest BCUT2D eigenvalue weighted by molar-refractivity contribution is 0.149. The van der Waals surface area contributed by atoms with Crippen molar-refractivity contribution in [1.82, 2.24) is 24.6 Å². The van der Waals surface area contributed by atoms with E-state index in [0.717, 1.165) is 104 Å². The minimum absolute atomic E-state index is 0.487. The third-order valence-corrected chi connectivity index (χ3v) is 11.6. The van der Waals surface area contributed by atoms with Gasteiger partial charge in [0.05, 0.1) is 27.5 Å². The van der Waals surface area contributed by atoms with Crippen LogP contribution in [0.3, 0.4) is 0 Å². The molecule has 2 saturated heterocycles. The Kier molecular flexibility index (Phi) is 9.62. The summed E-state index contributed by atoms with van der Waals surface area (Å²) in [5, 5.41) is 19.6. The molecule has 5 heterocycles. The van der Waals surface area contributed by atoms with Gasteiger partial charge < -0.3 is 15.1 Å². The number of nitrogens with one attached hydrogen (secondary N) is 1. The molecule has 0 spiro atoms. The van der Waals surface area contributed by atoms with Gasteiger partial charge in [-0.1, -0.05) is 23.7 Å². The van der Waals surface area contributed by atoms with Gasteiger partial charge in [-0.15, -0.1) is 22.7 Å². The second-order valence-electron chi connectivity index (χ2n) is 12.9. The van der Waals surface area contributed by atoms with Gasteiger partial charge in [0.1, 0.15) is 6.07 Å². The maximum absolute atomic E-state index is 10.0. The summed E-state index contributed by atoms with van der Waals surface area (Å²) in [6.45, 7) is 13.0. The average Bonchev–Trinajstić information content (AvgIpc) is 3.74. The highest BCUT2D eigenvalue weighted by Gasteiger charge is 2.19. The van der Waals surface area contributed by atoms with Crippen LogP contribution in [0.2, 0.25) is 5.02 Å². The van der Waals surface area contributed by atoms with E-state index in [2.05, 4.69) is 104 Å². The summed E-state index contributed by atoms with van der Waals surface area (Å²) in [7, 11) is 4.38. The first kappa shape index (κ1) is 32.2. The number of nitrogens with zero attached hydrogens (tertiary/aromatic N) is 6. The lowest BCUT2D eigenvalue weighted by Gasteiger charge is -2.31. The first-order valence-electron chi connectivity index (χ1n) is 16.2. The van der Waals surface area contributed by atoms with Crippen LogP contribution in [0.1, 0.15) is 20.9 Å². The fourth-order valence-corrected chi connectivity index (χ4v) is 8.65. The van der Waals surface area contributed by atoms with Gasteiger partial charge in [0.15, 0.2) is 0 Å². The molecular weight excluding hydrogens is 642 g/mol. The summed E-state index contributed by atoms with van der Waals surface area (Å²) in [5.41, 5.74) is 8.51. The molecule has 3 aromatic heterocycles. The zero-order chi connectivity index (χ0) is 32.5. The molecule has 0 unspecified atom stereocenters. The van der Waals surface area contributed by atoms with Crippen molar-refractivity contribution in [2.24, 2.45) is 0 Å². The van der Waals surface area contributed by atoms with E-state index in [1.165, 1.54) is 20.9 Å². The SMILES string of the molecule is Cc1cc(-c2csc(CN3CCN(C)CC3)c2)cc(Cl)c1Nc1c(C#N)cnc2cc(-c3csc(CN4CCN(C)CC4)c3)ccc12. The quantitative estimate of drug-likeness (QED) is 0.180. The number of thiophene rings is 2. The van der Waals surface area contributed by atoms with Gasteiger partial charge in [0.25, 0.3) is 0 Å². The van der Waals surface area contributed by atoms with Crippen LogP contribution >= 0.6 is 34.3 Å². The van der Waals surface area contributed by atoms with Crippen molar-refractivity contribution >= 4 is 56.6 Å². The van der Waals surface area contributed by atoms with Gasteiger partial charge in [0.2, 0.25) is 0 Å². The normalized spacial score (nSPS) is 16.9. The number of hydrogen-bond acceptors (Lipinski definition) is 9. The van der Waals surface area contributed by atoms with Crippen LogP contribution in [0.15, 0.2) is 59.4 Å². The van der Waals surface area contributed by atoms with Crippen LogP contribution in [0.5, 0.6) is 0 Å². The largest absolute Gasteiger partial charge is 0.352 e. The van der Waals surface area contributed by atoms with Crippen molar-refractivity contribution in [1.29, 1.82) is 5.26 Å². The van der Waals surface area contributed by atoms with Gasteiger partial charge in [-0.05, 0) is 89.9 Å². The van der Waals surface area contributed by atoms with Crippen molar-refractivity contribution in [3.05, 3.63) is 85.3 Å². The fraction of sp³-hybridized carbons (Fsp3) is 0.351. The molecule has 0 bridgehead atoms. The number of aromatic nitrogens is 1. The Hall–Kier alpha value is -3.33. The van der Waals surface area contributed by atoms with E-state index < -0.39 is 0 Å². The fourth-order valence-electron chi connectivity index (χ4n) is 6.47. The number of rotatable bonds is 8. The van der Waals surface area contributed by atoms with E-state index in [0.29, 0.717) is 10.6 Å². The molecular formula is C37H40ClN7S2. The Bertz CT molecular complexity index is 1900. The number of fused-ring (bicyclic) bond motifs is 1. The van der Waals surface area contributed by atoms with Crippen LogP contribution in [-0.4, -0.2) is 91.0 Å². The topological polar surface area (TPSA) is 61.7 Å². The molecule has 10 heteroatoms. The van der Waals surface area contributed by atoms with Crippen molar-refractivity contribution in [2.75, 3.05) is 71.8 Å². The zero-order valence-corrected chi connectivity index (χ0v) is 29.6. The van der Waals surface area contributed by atoms with E-state index in [4.69, 9.17) is 11.6 Å². The number of benzene rings is 2. The number of halogens is 1. The molecule has 2 aliphatic heterocycles. The standard InChI is InChI=1S/C37H40ClN7S2/c1-25-14-27(29-16-32(47-24-29)22-45-12-8-43(3)9-13-45)17-34(38)36(25)41-37-30(19-39)20-40-35-18-26(4-5-33(35)37)28-15-31(46-23-28)21-44-10-6-42(2)7-11-44/h4-5,14-18,20,23-24H,6-13,21-22H2,1-3H3,(H,40,41). The molecule has 7 nitrogen and oxygen atoms in total. The van der Waals surface area contributed by atoms with Crippen LogP contribution in [0.4, 0.5) is 11.4 Å². The zero-order valence-electron chi connectivity index (χ0n) is 27.2. The summed E-state index contributed by atoms with van der Waals surface area (Å²) in [6, 6.07) is 17.5. The minimum Gasteiger partial charge on any atom is -0.352 e. The van der Waals surface area contributed by atoms with E-state index in [1.54, 1.807) is 6.20 Å². The van der Waals surface area contributed by atoms with Crippen molar-refractivity contribution in [3.8, 4) is 28.3 Å². The summed E-state index contributed by atoms with van der Waals surface area (Å²) >= 11 is 10.6. The molecule has 47 heavy (non-hydrogen) atoms. The van der Waals surface area contributed by atoms with Crippen LogP contribution in [0, 0.1) is 18.3 Å². The highest BCUT2D eigenvalue weighted by molar-refractivity contribution is 7.10. The Balaban J connectivity index is 1.10. The number of hydrogen-bond donors (Lipinski definition) is 1. The highest BCUT2D eigenvalue weighted by atomic mass is 35.5. The smallest absolute Gasteiger partial charge is 0.103 e. The highest BCUT2D eigenvalue weighted by Crippen LogP contribution is 2.39. The van der Waals surface area contributed by atoms with Crippen molar-refractivity contribution in [2.45, 2.75) is 20.0 Å². The molecule has 5 aromatic rings. The van der Waals surface area contributed by atoms with Crippen molar-refractivity contribution in [3.63, 3.8) is 0 Å². The lowest BCUT2D eigenvalue weighted by atomic mass is 10.0. The van der Waals surface area contributed by atoms with Gasteiger partial charge in [-0.3, -0.25) is 14.8 Å². The van der Waals surface area contributed by atoms with E-state index in [9.17, 15) is 5.26 Å². The molecule has 0 saturated carbocycles. The van der Waals surface area contributed by atoms with Gasteiger partial charge >= 0.3 is 0 Å². The summed E-state index contributed by atoms with van der Waals surface area (Å²) < 4.78 is 0.